The molecular formula is C28H52I2O4. The zero-order valence-electron chi connectivity index (χ0n) is 21.8. The molecule has 0 saturated carbocycles. The zero-order chi connectivity index (χ0) is 25.0. The van der Waals surface area contributed by atoms with Gasteiger partial charge in [0.1, 0.15) is 0 Å². The fourth-order valence-corrected chi connectivity index (χ4v) is 4.73. The maximum absolute atomic E-state index is 11.4. The summed E-state index contributed by atoms with van der Waals surface area (Å²) >= 11 is 4.59. The van der Waals surface area contributed by atoms with Crippen LogP contribution in [0.2, 0.25) is 0 Å². The first-order valence-corrected chi connectivity index (χ1v) is 17.2. The van der Waals surface area contributed by atoms with Crippen molar-refractivity contribution in [1.82, 2.24) is 0 Å². The number of hydrogen-bond donors (Lipinski definition) is 0. The molecule has 0 aromatic rings. The van der Waals surface area contributed by atoms with Crippen LogP contribution >= 0.6 is 45.2 Å². The molecule has 34 heavy (non-hydrogen) atoms. The van der Waals surface area contributed by atoms with Crippen LogP contribution in [-0.2, 0) is 19.1 Å². The minimum atomic E-state index is -0.0260. The average molecular weight is 707 g/mol. The number of unbranched alkanes of at least 4 members (excludes halogenated alkanes) is 17. The van der Waals surface area contributed by atoms with Gasteiger partial charge in [-0.1, -0.05) is 148 Å². The molecule has 0 aromatic carbocycles. The van der Waals surface area contributed by atoms with Crippen LogP contribution in [-0.4, -0.2) is 34.0 Å². The van der Waals surface area contributed by atoms with Gasteiger partial charge in [-0.15, -0.1) is 0 Å². The van der Waals surface area contributed by atoms with Gasteiger partial charge in [0.05, 0.1) is 13.2 Å². The number of alkyl halides is 2. The van der Waals surface area contributed by atoms with Crippen LogP contribution in [0.4, 0.5) is 0 Å². The van der Waals surface area contributed by atoms with E-state index in [1.165, 1.54) is 103 Å². The van der Waals surface area contributed by atoms with Crippen LogP contribution in [0.25, 0.3) is 0 Å². The van der Waals surface area contributed by atoms with Gasteiger partial charge in [0.2, 0.25) is 0 Å². The summed E-state index contributed by atoms with van der Waals surface area (Å²) in [5, 5.41) is 0. The number of carbonyl (C=O) groups is 2. The quantitative estimate of drug-likeness (QED) is 0.0370. The van der Waals surface area contributed by atoms with Crippen LogP contribution in [0.5, 0.6) is 0 Å². The molecule has 0 unspecified atom stereocenters. The fraction of sp³-hybridized carbons (Fsp3) is 0.929. The number of hydrogen-bond acceptors (Lipinski definition) is 4. The number of ether oxygens (including phenoxy) is 2. The van der Waals surface area contributed by atoms with E-state index in [0.717, 1.165) is 34.5 Å². The summed E-state index contributed by atoms with van der Waals surface area (Å²) in [6.07, 6.45) is 26.5. The Morgan fingerprint density at radius 3 is 0.853 bits per heavy atom. The highest BCUT2D eigenvalue weighted by Gasteiger charge is 2.02. The monoisotopic (exact) mass is 706 g/mol. The molecule has 0 aliphatic carbocycles. The van der Waals surface area contributed by atoms with Gasteiger partial charge in [-0.2, -0.15) is 0 Å². The minimum Gasteiger partial charge on any atom is -0.466 e. The molecule has 0 heterocycles. The van der Waals surface area contributed by atoms with E-state index in [1.807, 2.05) is 0 Å². The van der Waals surface area contributed by atoms with E-state index in [2.05, 4.69) is 45.2 Å². The van der Waals surface area contributed by atoms with Crippen LogP contribution < -0.4 is 0 Å². The summed E-state index contributed by atoms with van der Waals surface area (Å²) in [5.41, 5.74) is 0. The van der Waals surface area contributed by atoms with E-state index in [0.29, 0.717) is 26.1 Å². The van der Waals surface area contributed by atoms with Crippen molar-refractivity contribution in [3.05, 3.63) is 0 Å². The maximum atomic E-state index is 11.4. The predicted octanol–water partition coefficient (Wildman–Crippen LogP) is 9.52. The molecule has 0 atom stereocenters. The molecule has 0 aromatic heterocycles. The molecule has 0 saturated heterocycles. The minimum absolute atomic E-state index is 0.0260. The highest BCUT2D eigenvalue weighted by Crippen LogP contribution is 2.14. The average Bonchev–Trinajstić information content (AvgIpc) is 2.84. The summed E-state index contributed by atoms with van der Waals surface area (Å²) < 4.78 is 12.5. The Morgan fingerprint density at radius 1 is 0.382 bits per heavy atom. The van der Waals surface area contributed by atoms with Gasteiger partial charge in [-0.05, 0) is 25.7 Å². The molecule has 0 bridgehead atoms. The molecule has 6 heteroatoms. The zero-order valence-corrected chi connectivity index (χ0v) is 26.1. The largest absolute Gasteiger partial charge is 0.466 e. The molecular weight excluding hydrogens is 654 g/mol. The van der Waals surface area contributed by atoms with Crippen molar-refractivity contribution in [2.75, 3.05) is 22.1 Å². The van der Waals surface area contributed by atoms with Crippen molar-refractivity contribution in [1.29, 1.82) is 0 Å². The van der Waals surface area contributed by atoms with Crippen molar-refractivity contribution in [2.45, 2.75) is 141 Å². The molecule has 0 spiro atoms. The first-order chi connectivity index (χ1) is 16.7. The van der Waals surface area contributed by atoms with Crippen molar-refractivity contribution in [2.24, 2.45) is 0 Å². The second-order valence-corrected chi connectivity index (χ2v) is 11.5. The topological polar surface area (TPSA) is 52.6 Å². The second-order valence-electron chi connectivity index (χ2n) is 9.39. The Balaban J connectivity index is 3.10. The number of rotatable bonds is 27. The van der Waals surface area contributed by atoms with Gasteiger partial charge in [0.15, 0.2) is 0 Å². The van der Waals surface area contributed by atoms with E-state index in [-0.39, 0.29) is 11.9 Å². The molecule has 0 aliphatic rings. The summed E-state index contributed by atoms with van der Waals surface area (Å²) in [4.78, 5) is 22.8. The van der Waals surface area contributed by atoms with Crippen molar-refractivity contribution in [3.8, 4) is 0 Å². The van der Waals surface area contributed by atoms with E-state index in [9.17, 15) is 9.59 Å². The Bertz CT molecular complexity index is 406. The Labute approximate surface area is 238 Å². The molecule has 0 fully saturated rings. The van der Waals surface area contributed by atoms with Gasteiger partial charge in [0.25, 0.3) is 0 Å². The molecule has 0 radical (unpaired) electrons. The molecule has 0 rings (SSSR count). The lowest BCUT2D eigenvalue weighted by Gasteiger charge is -2.05. The second kappa shape index (κ2) is 29.6. The highest BCUT2D eigenvalue weighted by atomic mass is 127. The lowest BCUT2D eigenvalue weighted by Crippen LogP contribution is -2.05. The highest BCUT2D eigenvalue weighted by molar-refractivity contribution is 14.1. The van der Waals surface area contributed by atoms with Gasteiger partial charge in [0, 0.05) is 21.7 Å². The molecule has 0 amide bonds. The third-order valence-corrected chi connectivity index (χ3v) is 7.62. The van der Waals surface area contributed by atoms with E-state index in [1.54, 1.807) is 0 Å². The Hall–Kier alpha value is 0.400. The Morgan fingerprint density at radius 2 is 0.618 bits per heavy atom. The van der Waals surface area contributed by atoms with Crippen molar-refractivity contribution >= 4 is 57.1 Å². The van der Waals surface area contributed by atoms with Gasteiger partial charge >= 0.3 is 11.9 Å². The van der Waals surface area contributed by atoms with Gasteiger partial charge in [-0.3, -0.25) is 9.59 Å². The number of halogens is 2. The van der Waals surface area contributed by atoms with Crippen LogP contribution in [0, 0.1) is 0 Å². The van der Waals surface area contributed by atoms with Crippen molar-refractivity contribution in [3.63, 3.8) is 0 Å². The number of esters is 2. The molecule has 202 valence electrons. The summed E-state index contributed by atoms with van der Waals surface area (Å²) in [6.45, 7) is 1.22. The smallest absolute Gasteiger partial charge is 0.305 e. The van der Waals surface area contributed by atoms with Gasteiger partial charge < -0.3 is 9.47 Å². The van der Waals surface area contributed by atoms with Crippen LogP contribution in [0.3, 0.4) is 0 Å². The van der Waals surface area contributed by atoms with E-state index < -0.39 is 0 Å². The summed E-state index contributed by atoms with van der Waals surface area (Å²) in [7, 11) is 0. The third-order valence-electron chi connectivity index (χ3n) is 6.09. The fourth-order valence-electron chi connectivity index (χ4n) is 3.97. The van der Waals surface area contributed by atoms with Crippen molar-refractivity contribution < 1.29 is 19.1 Å². The first kappa shape index (κ1) is 34.4. The summed E-state index contributed by atoms with van der Waals surface area (Å²) in [6, 6.07) is 0. The van der Waals surface area contributed by atoms with E-state index >= 15 is 0 Å². The lowest BCUT2D eigenvalue weighted by molar-refractivity contribution is -0.144. The molecule has 0 N–H and O–H groups in total. The SMILES string of the molecule is O=C(CCCI)OCCCCCCCCCCCCCCCCCCCCOC(=O)CCCI. The predicted molar refractivity (Wildman–Crippen MR) is 161 cm³/mol. The van der Waals surface area contributed by atoms with E-state index in [4.69, 9.17) is 9.47 Å². The van der Waals surface area contributed by atoms with Gasteiger partial charge in [-0.25, -0.2) is 0 Å². The molecule has 4 nitrogen and oxygen atoms in total. The lowest BCUT2D eigenvalue weighted by atomic mass is 10.0. The molecule has 0 aliphatic heterocycles. The van der Waals surface area contributed by atoms with Crippen LogP contribution in [0.1, 0.15) is 141 Å². The standard InChI is InChI=1S/C28H52I2O4/c29-23-19-21-27(31)33-25-17-15-13-11-9-7-5-3-1-2-4-6-8-10-12-14-16-18-26-34-28(32)22-20-24-30/h1-26H2. The first-order valence-electron chi connectivity index (χ1n) is 14.1. The number of carbonyl (C=O) groups excluding carboxylic acids is 2. The normalized spacial score (nSPS) is 11.0. The third kappa shape index (κ3) is 28.6. The van der Waals surface area contributed by atoms with Crippen LogP contribution in [0.15, 0.2) is 0 Å². The summed E-state index contributed by atoms with van der Waals surface area (Å²) in [5.74, 6) is -0.0519. The Kier molecular flexibility index (Phi) is 30.0. The maximum Gasteiger partial charge on any atom is 0.305 e.